The third kappa shape index (κ3) is 4.96. The van der Waals surface area contributed by atoms with Crippen LogP contribution in [0.3, 0.4) is 0 Å². The van der Waals surface area contributed by atoms with Gasteiger partial charge in [0.05, 0.1) is 5.69 Å². The number of anilines is 2. The summed E-state index contributed by atoms with van der Waals surface area (Å²) < 4.78 is 62.8. The van der Waals surface area contributed by atoms with Crippen molar-refractivity contribution in [3.05, 3.63) is 77.9 Å². The second-order valence-corrected chi connectivity index (χ2v) is 6.69. The molecule has 0 spiro atoms. The van der Waals surface area contributed by atoms with E-state index in [0.717, 1.165) is 23.1 Å². The van der Waals surface area contributed by atoms with Gasteiger partial charge in [-0.2, -0.15) is 0 Å². The van der Waals surface area contributed by atoms with E-state index >= 15 is 4.39 Å². The Balaban J connectivity index is 1.97. The van der Waals surface area contributed by atoms with Crippen molar-refractivity contribution in [3.63, 3.8) is 0 Å². The Hall–Kier alpha value is -3.55. The Bertz CT molecular complexity index is 1100. The molecule has 0 saturated carbocycles. The summed E-state index contributed by atoms with van der Waals surface area (Å²) in [5, 5.41) is 2.50. The summed E-state index contributed by atoms with van der Waals surface area (Å²) in [6.07, 6.45) is 0. The Morgan fingerprint density at radius 1 is 0.968 bits per heavy atom. The molecule has 0 aliphatic carbocycles. The van der Waals surface area contributed by atoms with Gasteiger partial charge in [-0.1, -0.05) is 18.2 Å². The van der Waals surface area contributed by atoms with Crippen LogP contribution in [0.25, 0.3) is 11.1 Å². The first-order valence-electron chi connectivity index (χ1n) is 9.48. The molecule has 3 aromatic carbocycles. The fraction of sp³-hybridized carbons (Fsp3) is 0.174. The van der Waals surface area contributed by atoms with Gasteiger partial charge in [0.2, 0.25) is 0 Å². The molecule has 8 heteroatoms. The van der Waals surface area contributed by atoms with Gasteiger partial charge in [-0.15, -0.1) is 0 Å². The monoisotopic (exact) mass is 432 g/mol. The van der Waals surface area contributed by atoms with Crippen molar-refractivity contribution in [3.8, 4) is 16.9 Å². The average Bonchev–Trinajstić information content (AvgIpc) is 2.73. The lowest BCUT2D eigenvalue weighted by molar-refractivity contribution is -0.123. The van der Waals surface area contributed by atoms with Crippen molar-refractivity contribution in [1.82, 2.24) is 5.32 Å². The Labute approximate surface area is 177 Å². The van der Waals surface area contributed by atoms with Crippen LogP contribution in [-0.4, -0.2) is 26.1 Å². The van der Waals surface area contributed by atoms with Crippen molar-refractivity contribution in [2.75, 3.05) is 25.1 Å². The fourth-order valence-corrected chi connectivity index (χ4v) is 3.07. The quantitative estimate of drug-likeness (QED) is 0.523. The Kier molecular flexibility index (Phi) is 6.79. The molecule has 3 aromatic rings. The molecule has 0 aliphatic heterocycles. The Morgan fingerprint density at radius 3 is 2.39 bits per heavy atom. The number of hydrogen-bond acceptors (Lipinski definition) is 3. The summed E-state index contributed by atoms with van der Waals surface area (Å²) in [5.41, 5.74) is 0.269. The zero-order valence-corrected chi connectivity index (χ0v) is 16.9. The lowest BCUT2D eigenvalue weighted by atomic mass is 10.0. The van der Waals surface area contributed by atoms with Crippen LogP contribution in [0.1, 0.15) is 6.92 Å². The number of amides is 1. The van der Waals surface area contributed by atoms with Gasteiger partial charge in [0.15, 0.2) is 18.2 Å². The zero-order valence-electron chi connectivity index (χ0n) is 16.9. The van der Waals surface area contributed by atoms with Crippen molar-refractivity contribution in [2.24, 2.45) is 0 Å². The molecule has 1 N–H and O–H groups in total. The maximum Gasteiger partial charge on any atom is 0.257 e. The summed E-state index contributed by atoms with van der Waals surface area (Å²) >= 11 is 0. The Morgan fingerprint density at radius 2 is 1.68 bits per heavy atom. The van der Waals surface area contributed by atoms with E-state index in [0.29, 0.717) is 17.7 Å². The number of benzene rings is 3. The molecule has 0 saturated heterocycles. The van der Waals surface area contributed by atoms with Crippen LogP contribution in [0, 0.1) is 23.3 Å². The van der Waals surface area contributed by atoms with E-state index in [1.54, 1.807) is 13.0 Å². The number of hydrogen-bond donors (Lipinski definition) is 1. The SMILES string of the molecule is CCNC(=O)COc1ccc(F)c(N(C)c2cc(-c3cccc(F)c3)ccc2F)c1F. The minimum absolute atomic E-state index is 0.125. The molecule has 0 heterocycles. The normalized spacial score (nSPS) is 10.6. The zero-order chi connectivity index (χ0) is 22.5. The maximum absolute atomic E-state index is 15.0. The molecule has 31 heavy (non-hydrogen) atoms. The lowest BCUT2D eigenvalue weighted by Gasteiger charge is -2.23. The number of ether oxygens (including phenoxy) is 1. The summed E-state index contributed by atoms with van der Waals surface area (Å²) in [6.45, 7) is 1.64. The van der Waals surface area contributed by atoms with Gasteiger partial charge in [-0.25, -0.2) is 17.6 Å². The van der Waals surface area contributed by atoms with E-state index in [2.05, 4.69) is 5.32 Å². The van der Waals surface area contributed by atoms with Crippen LogP contribution in [-0.2, 0) is 4.79 Å². The smallest absolute Gasteiger partial charge is 0.257 e. The van der Waals surface area contributed by atoms with Gasteiger partial charge in [-0.3, -0.25) is 4.79 Å². The van der Waals surface area contributed by atoms with Crippen molar-refractivity contribution < 1.29 is 27.1 Å². The third-order valence-electron chi connectivity index (χ3n) is 4.57. The highest BCUT2D eigenvalue weighted by molar-refractivity contribution is 5.77. The first kappa shape index (κ1) is 22.1. The predicted octanol–water partition coefficient (Wildman–Crippen LogP) is 5.19. The highest BCUT2D eigenvalue weighted by Gasteiger charge is 2.22. The van der Waals surface area contributed by atoms with E-state index in [9.17, 15) is 18.0 Å². The number of nitrogens with zero attached hydrogens (tertiary/aromatic N) is 1. The first-order valence-corrected chi connectivity index (χ1v) is 9.48. The largest absolute Gasteiger partial charge is 0.481 e. The van der Waals surface area contributed by atoms with Gasteiger partial charge in [-0.05, 0) is 54.4 Å². The van der Waals surface area contributed by atoms with Crippen LogP contribution in [0.15, 0.2) is 54.6 Å². The lowest BCUT2D eigenvalue weighted by Crippen LogP contribution is -2.28. The van der Waals surface area contributed by atoms with Crippen LogP contribution in [0.4, 0.5) is 28.9 Å². The molecular weight excluding hydrogens is 412 g/mol. The second kappa shape index (κ2) is 9.51. The summed E-state index contributed by atoms with van der Waals surface area (Å²) in [4.78, 5) is 12.6. The molecule has 0 unspecified atom stereocenters. The summed E-state index contributed by atoms with van der Waals surface area (Å²) in [6, 6.07) is 11.7. The number of carbonyl (C=O) groups is 1. The maximum atomic E-state index is 15.0. The molecule has 0 bridgehead atoms. The highest BCUT2D eigenvalue weighted by Crippen LogP contribution is 2.36. The second-order valence-electron chi connectivity index (χ2n) is 6.69. The van der Waals surface area contributed by atoms with E-state index in [1.165, 1.54) is 37.4 Å². The molecule has 1 amide bonds. The van der Waals surface area contributed by atoms with Crippen molar-refractivity contribution >= 4 is 17.3 Å². The molecule has 162 valence electrons. The van der Waals surface area contributed by atoms with Crippen LogP contribution < -0.4 is 15.0 Å². The molecule has 0 aromatic heterocycles. The van der Waals surface area contributed by atoms with Gasteiger partial charge < -0.3 is 15.0 Å². The van der Waals surface area contributed by atoms with E-state index in [1.807, 2.05) is 0 Å². The standard InChI is InChI=1S/C23H20F4N2O2/c1-3-28-21(30)13-31-20-10-9-18(26)23(22(20)27)29(2)19-12-15(7-8-17(19)25)14-5-4-6-16(24)11-14/h4-12H,3,13H2,1-2H3,(H,28,30). The molecule has 0 aliphatic rings. The molecule has 0 fully saturated rings. The number of halogens is 4. The molecule has 3 rings (SSSR count). The van der Waals surface area contributed by atoms with Crippen LogP contribution in [0.2, 0.25) is 0 Å². The number of rotatable bonds is 7. The van der Waals surface area contributed by atoms with E-state index in [4.69, 9.17) is 4.74 Å². The van der Waals surface area contributed by atoms with Gasteiger partial charge in [0.25, 0.3) is 5.91 Å². The van der Waals surface area contributed by atoms with Crippen LogP contribution in [0.5, 0.6) is 5.75 Å². The van der Waals surface area contributed by atoms with E-state index in [-0.39, 0.29) is 11.4 Å². The highest BCUT2D eigenvalue weighted by atomic mass is 19.1. The predicted molar refractivity (Wildman–Crippen MR) is 110 cm³/mol. The minimum Gasteiger partial charge on any atom is -0.481 e. The van der Waals surface area contributed by atoms with Crippen molar-refractivity contribution in [1.29, 1.82) is 0 Å². The van der Waals surface area contributed by atoms with Gasteiger partial charge in [0, 0.05) is 13.6 Å². The first-order chi connectivity index (χ1) is 14.8. The van der Waals surface area contributed by atoms with Crippen LogP contribution >= 0.6 is 0 Å². The topological polar surface area (TPSA) is 41.6 Å². The summed E-state index contributed by atoms with van der Waals surface area (Å²) in [7, 11) is 1.29. The number of likely N-dealkylation sites (N-methyl/N-ethyl adjacent to an activating group) is 1. The number of carbonyl (C=O) groups excluding carboxylic acids is 1. The average molecular weight is 432 g/mol. The minimum atomic E-state index is -1.08. The molecule has 0 radical (unpaired) electrons. The van der Waals surface area contributed by atoms with E-state index < -0.39 is 41.5 Å². The van der Waals surface area contributed by atoms with Crippen molar-refractivity contribution in [2.45, 2.75) is 6.92 Å². The molecular formula is C23H20F4N2O2. The van der Waals surface area contributed by atoms with Gasteiger partial charge >= 0.3 is 0 Å². The third-order valence-corrected chi connectivity index (χ3v) is 4.57. The molecule has 4 nitrogen and oxygen atoms in total. The number of nitrogens with one attached hydrogen (secondary N) is 1. The van der Waals surface area contributed by atoms with Gasteiger partial charge in [0.1, 0.15) is 23.1 Å². The molecule has 0 atom stereocenters. The summed E-state index contributed by atoms with van der Waals surface area (Å²) in [5.74, 6) is -4.03. The fourth-order valence-electron chi connectivity index (χ4n) is 3.07.